The van der Waals surface area contributed by atoms with Crippen molar-refractivity contribution in [3.63, 3.8) is 0 Å². The standard InChI is InChI=1S/C19H15ClN4O3/c1-27-13-5-2-11(3-6-13)16-9-17(23-10-22-16)24-19(26)12-4-7-14(18(21)25)15(20)8-12/h2-10H,1H3,(H2,21,25)(H,22,23,24,26). The van der Waals surface area contributed by atoms with Crippen LogP contribution in [0.1, 0.15) is 20.7 Å². The Morgan fingerprint density at radius 1 is 1.07 bits per heavy atom. The highest BCUT2D eigenvalue weighted by Crippen LogP contribution is 2.22. The number of hydrogen-bond acceptors (Lipinski definition) is 5. The van der Waals surface area contributed by atoms with Crippen LogP contribution in [0.3, 0.4) is 0 Å². The van der Waals surface area contributed by atoms with Gasteiger partial charge in [-0.25, -0.2) is 9.97 Å². The lowest BCUT2D eigenvalue weighted by Gasteiger charge is -2.08. The average molecular weight is 383 g/mol. The quantitative estimate of drug-likeness (QED) is 0.704. The number of methoxy groups -OCH3 is 1. The molecule has 0 aliphatic heterocycles. The number of nitrogens with two attached hydrogens (primary N) is 1. The summed E-state index contributed by atoms with van der Waals surface area (Å²) in [6, 6.07) is 13.2. The van der Waals surface area contributed by atoms with Crippen molar-refractivity contribution in [2.75, 3.05) is 12.4 Å². The second-order valence-electron chi connectivity index (χ2n) is 5.53. The van der Waals surface area contributed by atoms with Gasteiger partial charge in [-0.2, -0.15) is 0 Å². The summed E-state index contributed by atoms with van der Waals surface area (Å²) in [6.07, 6.45) is 1.36. The SMILES string of the molecule is COc1ccc(-c2cc(NC(=O)c3ccc(C(N)=O)c(Cl)c3)ncn2)cc1. The van der Waals surface area contributed by atoms with Gasteiger partial charge in [0.2, 0.25) is 5.91 Å². The summed E-state index contributed by atoms with van der Waals surface area (Å²) in [5, 5.41) is 2.79. The molecular formula is C19H15ClN4O3. The van der Waals surface area contributed by atoms with E-state index < -0.39 is 11.8 Å². The predicted octanol–water partition coefficient (Wildman–Crippen LogP) is 3.16. The average Bonchev–Trinajstić information content (AvgIpc) is 2.68. The Hall–Kier alpha value is -3.45. The van der Waals surface area contributed by atoms with E-state index in [1.807, 2.05) is 24.3 Å². The predicted molar refractivity (Wildman–Crippen MR) is 102 cm³/mol. The van der Waals surface area contributed by atoms with Crippen LogP contribution in [0.5, 0.6) is 5.75 Å². The molecule has 0 aliphatic carbocycles. The molecule has 0 fully saturated rings. The van der Waals surface area contributed by atoms with Crippen molar-refractivity contribution in [1.29, 1.82) is 0 Å². The largest absolute Gasteiger partial charge is 0.497 e. The normalized spacial score (nSPS) is 10.3. The number of nitrogens with zero attached hydrogens (tertiary/aromatic N) is 2. The van der Waals surface area contributed by atoms with Crippen LogP contribution in [0.25, 0.3) is 11.3 Å². The van der Waals surface area contributed by atoms with Crippen molar-refractivity contribution < 1.29 is 14.3 Å². The lowest BCUT2D eigenvalue weighted by Crippen LogP contribution is -2.15. The number of carbonyl (C=O) groups excluding carboxylic acids is 2. The highest BCUT2D eigenvalue weighted by molar-refractivity contribution is 6.34. The van der Waals surface area contributed by atoms with Crippen LogP contribution >= 0.6 is 11.6 Å². The first-order valence-electron chi connectivity index (χ1n) is 7.85. The van der Waals surface area contributed by atoms with E-state index in [9.17, 15) is 9.59 Å². The highest BCUT2D eigenvalue weighted by Gasteiger charge is 2.13. The summed E-state index contributed by atoms with van der Waals surface area (Å²) in [5.74, 6) is -0.0206. The van der Waals surface area contributed by atoms with E-state index in [-0.39, 0.29) is 16.1 Å². The van der Waals surface area contributed by atoms with Crippen molar-refractivity contribution in [2.45, 2.75) is 0 Å². The first-order valence-corrected chi connectivity index (χ1v) is 8.23. The van der Waals surface area contributed by atoms with E-state index in [1.54, 1.807) is 13.2 Å². The molecule has 7 nitrogen and oxygen atoms in total. The van der Waals surface area contributed by atoms with Gasteiger partial charge in [0.1, 0.15) is 17.9 Å². The molecule has 3 N–H and O–H groups in total. The van der Waals surface area contributed by atoms with Gasteiger partial charge in [-0.3, -0.25) is 9.59 Å². The molecule has 0 saturated heterocycles. The Morgan fingerprint density at radius 2 is 1.81 bits per heavy atom. The maximum absolute atomic E-state index is 12.4. The van der Waals surface area contributed by atoms with Crippen molar-refractivity contribution in [2.24, 2.45) is 5.73 Å². The van der Waals surface area contributed by atoms with Gasteiger partial charge in [0.25, 0.3) is 5.91 Å². The van der Waals surface area contributed by atoms with Crippen LogP contribution in [-0.2, 0) is 0 Å². The number of carbonyl (C=O) groups is 2. The minimum atomic E-state index is -0.660. The molecule has 0 spiro atoms. The van der Waals surface area contributed by atoms with E-state index in [0.717, 1.165) is 11.3 Å². The number of hydrogen-bond donors (Lipinski definition) is 2. The lowest BCUT2D eigenvalue weighted by molar-refractivity contribution is 0.0995. The zero-order valence-corrected chi connectivity index (χ0v) is 15.0. The first kappa shape index (κ1) is 18.3. The minimum Gasteiger partial charge on any atom is -0.497 e. The van der Waals surface area contributed by atoms with E-state index in [4.69, 9.17) is 22.1 Å². The highest BCUT2D eigenvalue weighted by atomic mass is 35.5. The van der Waals surface area contributed by atoms with Crippen LogP contribution < -0.4 is 15.8 Å². The van der Waals surface area contributed by atoms with Gasteiger partial charge in [-0.15, -0.1) is 0 Å². The van der Waals surface area contributed by atoms with Crippen LogP contribution in [0.2, 0.25) is 5.02 Å². The number of anilines is 1. The van der Waals surface area contributed by atoms with Gasteiger partial charge in [-0.05, 0) is 42.5 Å². The molecule has 136 valence electrons. The molecule has 3 aromatic rings. The van der Waals surface area contributed by atoms with Gasteiger partial charge >= 0.3 is 0 Å². The maximum atomic E-state index is 12.4. The van der Waals surface area contributed by atoms with Gasteiger partial charge in [0.15, 0.2) is 0 Å². The third-order valence-electron chi connectivity index (χ3n) is 3.79. The summed E-state index contributed by atoms with van der Waals surface area (Å²) in [4.78, 5) is 31.9. The number of nitrogens with one attached hydrogen (secondary N) is 1. The summed E-state index contributed by atoms with van der Waals surface area (Å²) in [6.45, 7) is 0. The molecule has 0 saturated carbocycles. The zero-order valence-electron chi connectivity index (χ0n) is 14.3. The number of halogens is 1. The summed E-state index contributed by atoms with van der Waals surface area (Å²) in [7, 11) is 1.59. The Morgan fingerprint density at radius 3 is 2.44 bits per heavy atom. The molecule has 1 heterocycles. The molecule has 3 rings (SSSR count). The summed E-state index contributed by atoms with van der Waals surface area (Å²) >= 11 is 5.98. The van der Waals surface area contributed by atoms with Crippen LogP contribution in [0.4, 0.5) is 5.82 Å². The van der Waals surface area contributed by atoms with E-state index in [1.165, 1.54) is 24.5 Å². The Kier molecular flexibility index (Phi) is 5.33. The number of benzene rings is 2. The van der Waals surface area contributed by atoms with E-state index in [2.05, 4.69) is 15.3 Å². The molecule has 0 atom stereocenters. The molecule has 8 heteroatoms. The van der Waals surface area contributed by atoms with Crippen molar-refractivity contribution in [3.05, 3.63) is 71.0 Å². The summed E-state index contributed by atoms with van der Waals surface area (Å²) < 4.78 is 5.13. The van der Waals surface area contributed by atoms with Gasteiger partial charge in [0.05, 0.1) is 23.4 Å². The van der Waals surface area contributed by atoms with Crippen LogP contribution in [-0.4, -0.2) is 28.9 Å². The number of primary amides is 1. The smallest absolute Gasteiger partial charge is 0.256 e. The fraction of sp³-hybridized carbons (Fsp3) is 0.0526. The number of amides is 2. The van der Waals surface area contributed by atoms with Crippen molar-refractivity contribution >= 4 is 29.2 Å². The van der Waals surface area contributed by atoms with E-state index in [0.29, 0.717) is 11.5 Å². The van der Waals surface area contributed by atoms with E-state index >= 15 is 0 Å². The molecule has 1 aromatic heterocycles. The van der Waals surface area contributed by atoms with Gasteiger partial charge in [-0.1, -0.05) is 11.6 Å². The zero-order chi connectivity index (χ0) is 19.4. The fourth-order valence-corrected chi connectivity index (χ4v) is 2.66. The molecular weight excluding hydrogens is 368 g/mol. The Labute approximate surface area is 160 Å². The molecule has 0 bridgehead atoms. The number of ether oxygens (including phenoxy) is 1. The third-order valence-corrected chi connectivity index (χ3v) is 4.10. The topological polar surface area (TPSA) is 107 Å². The molecule has 2 amide bonds. The Balaban J connectivity index is 1.80. The van der Waals surface area contributed by atoms with Crippen molar-refractivity contribution in [3.8, 4) is 17.0 Å². The summed E-state index contributed by atoms with van der Waals surface area (Å²) in [5.41, 5.74) is 7.12. The number of aromatic nitrogens is 2. The molecule has 0 unspecified atom stereocenters. The molecule has 2 aromatic carbocycles. The lowest BCUT2D eigenvalue weighted by atomic mass is 10.1. The van der Waals surface area contributed by atoms with Gasteiger partial charge < -0.3 is 15.8 Å². The first-order chi connectivity index (χ1) is 13.0. The minimum absolute atomic E-state index is 0.108. The molecule has 0 radical (unpaired) electrons. The second-order valence-corrected chi connectivity index (χ2v) is 5.94. The third kappa shape index (κ3) is 4.21. The fourth-order valence-electron chi connectivity index (χ4n) is 2.39. The van der Waals surface area contributed by atoms with Gasteiger partial charge in [0, 0.05) is 17.2 Å². The monoisotopic (exact) mass is 382 g/mol. The van der Waals surface area contributed by atoms with Crippen LogP contribution in [0, 0.1) is 0 Å². The Bertz CT molecular complexity index is 1010. The molecule has 27 heavy (non-hydrogen) atoms. The van der Waals surface area contributed by atoms with Crippen molar-refractivity contribution in [1.82, 2.24) is 9.97 Å². The second kappa shape index (κ2) is 7.84. The molecule has 0 aliphatic rings. The number of rotatable bonds is 5. The maximum Gasteiger partial charge on any atom is 0.256 e. The van der Waals surface area contributed by atoms with Crippen LogP contribution in [0.15, 0.2) is 54.9 Å².